The summed E-state index contributed by atoms with van der Waals surface area (Å²) in [5.41, 5.74) is 0. The molecule has 0 aromatic carbocycles. The van der Waals surface area contributed by atoms with E-state index in [0.717, 1.165) is 4.31 Å². The maximum atomic E-state index is 12.3. The van der Waals surface area contributed by atoms with Crippen LogP contribution in [0.5, 0.6) is 0 Å². The molecule has 19 heavy (non-hydrogen) atoms. The molecule has 1 aromatic heterocycles. The lowest BCUT2D eigenvalue weighted by molar-refractivity contribution is -0.141. The van der Waals surface area contributed by atoms with Gasteiger partial charge in [-0.3, -0.25) is 4.79 Å². The molecule has 0 saturated heterocycles. The first kappa shape index (κ1) is 15.6. The summed E-state index contributed by atoms with van der Waals surface area (Å²) in [6, 6.07) is -1.09. The molecule has 1 heterocycles. The van der Waals surface area contributed by atoms with Gasteiger partial charge in [0.25, 0.3) is 10.0 Å². The number of carboxylic acids is 1. The van der Waals surface area contributed by atoms with Crippen molar-refractivity contribution < 1.29 is 18.3 Å². The van der Waals surface area contributed by atoms with Crippen LogP contribution in [-0.2, 0) is 21.4 Å². The molecule has 1 aromatic rings. The number of carbonyl (C=O) groups is 1. The van der Waals surface area contributed by atoms with Crippen LogP contribution in [0.4, 0.5) is 0 Å². The number of likely N-dealkylation sites (N-methyl/N-ethyl adjacent to an activating group) is 1. The van der Waals surface area contributed by atoms with Crippen molar-refractivity contribution in [2.75, 3.05) is 7.05 Å². The topological polar surface area (TPSA) is 92.5 Å². The maximum Gasteiger partial charge on any atom is 0.321 e. The van der Waals surface area contributed by atoms with Crippen LogP contribution >= 0.6 is 0 Å². The van der Waals surface area contributed by atoms with Crippen molar-refractivity contribution in [3.05, 3.63) is 12.0 Å². The standard InChI is InChI=1S/C11H19N3O4S/c1-5-9(11(15)16)13(4)19(17,18)10-7-14(6-2)8(3)12-10/h7,9H,5-6H2,1-4H3,(H,15,16). The van der Waals surface area contributed by atoms with Crippen LogP contribution in [0.3, 0.4) is 0 Å². The van der Waals surface area contributed by atoms with Crippen molar-refractivity contribution in [3.63, 3.8) is 0 Å². The Hall–Kier alpha value is -1.41. The van der Waals surface area contributed by atoms with Crippen molar-refractivity contribution in [1.29, 1.82) is 0 Å². The average molecular weight is 289 g/mol. The Kier molecular flexibility index (Phi) is 4.70. The van der Waals surface area contributed by atoms with E-state index < -0.39 is 22.0 Å². The van der Waals surface area contributed by atoms with Crippen molar-refractivity contribution in [3.8, 4) is 0 Å². The maximum absolute atomic E-state index is 12.3. The first-order valence-electron chi connectivity index (χ1n) is 6.00. The second-order valence-corrected chi connectivity index (χ2v) is 6.14. The van der Waals surface area contributed by atoms with Gasteiger partial charge >= 0.3 is 5.97 Å². The molecule has 0 aliphatic carbocycles. The zero-order valence-electron chi connectivity index (χ0n) is 11.5. The Morgan fingerprint density at radius 1 is 1.53 bits per heavy atom. The molecule has 0 bridgehead atoms. The van der Waals surface area contributed by atoms with Crippen molar-refractivity contribution in [2.24, 2.45) is 0 Å². The largest absolute Gasteiger partial charge is 0.480 e. The van der Waals surface area contributed by atoms with Crippen LogP contribution in [0.2, 0.25) is 0 Å². The van der Waals surface area contributed by atoms with Gasteiger partial charge in [-0.25, -0.2) is 13.4 Å². The van der Waals surface area contributed by atoms with Gasteiger partial charge in [-0.2, -0.15) is 4.31 Å². The number of aromatic nitrogens is 2. The van der Waals surface area contributed by atoms with Crippen LogP contribution in [0.25, 0.3) is 0 Å². The molecule has 1 rings (SSSR count). The van der Waals surface area contributed by atoms with E-state index >= 15 is 0 Å². The highest BCUT2D eigenvalue weighted by Gasteiger charge is 2.33. The third kappa shape index (κ3) is 2.95. The molecule has 1 atom stereocenters. The third-order valence-electron chi connectivity index (χ3n) is 3.05. The van der Waals surface area contributed by atoms with Crippen LogP contribution in [0, 0.1) is 6.92 Å². The minimum Gasteiger partial charge on any atom is -0.480 e. The monoisotopic (exact) mass is 289 g/mol. The summed E-state index contributed by atoms with van der Waals surface area (Å²) >= 11 is 0. The second kappa shape index (κ2) is 5.70. The van der Waals surface area contributed by atoms with Crippen molar-refractivity contribution in [2.45, 2.75) is 44.8 Å². The predicted molar refractivity (Wildman–Crippen MR) is 69.3 cm³/mol. The summed E-state index contributed by atoms with van der Waals surface area (Å²) in [5.74, 6) is -0.585. The van der Waals surface area contributed by atoms with Crippen LogP contribution in [0.1, 0.15) is 26.1 Å². The summed E-state index contributed by atoms with van der Waals surface area (Å²) in [5, 5.41) is 8.91. The normalized spacial score (nSPS) is 13.7. The van der Waals surface area contributed by atoms with Gasteiger partial charge in [-0.15, -0.1) is 0 Å². The Balaban J connectivity index is 3.19. The highest BCUT2D eigenvalue weighted by molar-refractivity contribution is 7.89. The number of imidazole rings is 1. The lowest BCUT2D eigenvalue weighted by atomic mass is 10.2. The van der Waals surface area contributed by atoms with E-state index in [2.05, 4.69) is 4.98 Å². The molecule has 0 aliphatic heterocycles. The van der Waals surface area contributed by atoms with Crippen molar-refractivity contribution in [1.82, 2.24) is 13.9 Å². The Morgan fingerprint density at radius 3 is 2.47 bits per heavy atom. The van der Waals surface area contributed by atoms with E-state index in [0.29, 0.717) is 12.4 Å². The molecule has 0 fully saturated rings. The Morgan fingerprint density at radius 2 is 2.11 bits per heavy atom. The molecule has 0 spiro atoms. The molecule has 0 aliphatic rings. The minimum atomic E-state index is -3.89. The zero-order chi connectivity index (χ0) is 14.8. The number of hydrogen-bond acceptors (Lipinski definition) is 4. The average Bonchev–Trinajstić information content (AvgIpc) is 2.71. The molecule has 0 amide bonds. The first-order valence-corrected chi connectivity index (χ1v) is 7.44. The number of rotatable bonds is 6. The number of hydrogen-bond donors (Lipinski definition) is 1. The van der Waals surface area contributed by atoms with E-state index in [1.807, 2.05) is 6.92 Å². The molecule has 0 radical (unpaired) electrons. The smallest absolute Gasteiger partial charge is 0.321 e. The van der Waals surface area contributed by atoms with Gasteiger partial charge < -0.3 is 9.67 Å². The van der Waals surface area contributed by atoms with Crippen molar-refractivity contribution >= 4 is 16.0 Å². The highest BCUT2D eigenvalue weighted by Crippen LogP contribution is 2.17. The molecule has 7 nitrogen and oxygen atoms in total. The van der Waals surface area contributed by atoms with Crippen LogP contribution in [-0.4, -0.2) is 46.4 Å². The fourth-order valence-corrected chi connectivity index (χ4v) is 3.20. The molecular formula is C11H19N3O4S. The van der Waals surface area contributed by atoms with E-state index in [9.17, 15) is 13.2 Å². The summed E-state index contributed by atoms with van der Waals surface area (Å²) in [4.78, 5) is 15.0. The third-order valence-corrected chi connectivity index (χ3v) is 4.79. The molecule has 108 valence electrons. The fourth-order valence-electron chi connectivity index (χ4n) is 1.83. The van der Waals surface area contributed by atoms with Crippen LogP contribution in [0.15, 0.2) is 11.2 Å². The lowest BCUT2D eigenvalue weighted by Crippen LogP contribution is -2.42. The zero-order valence-corrected chi connectivity index (χ0v) is 12.3. The summed E-state index contributed by atoms with van der Waals surface area (Å²) in [7, 11) is -2.62. The van der Waals surface area contributed by atoms with Gasteiger partial charge in [0.15, 0.2) is 5.03 Å². The lowest BCUT2D eigenvalue weighted by Gasteiger charge is -2.21. The van der Waals surface area contributed by atoms with Gasteiger partial charge in [-0.05, 0) is 20.3 Å². The Labute approximate surface area is 112 Å². The summed E-state index contributed by atoms with van der Waals surface area (Å²) in [6.45, 7) is 5.81. The summed E-state index contributed by atoms with van der Waals surface area (Å²) in [6.07, 6.45) is 1.62. The number of aryl methyl sites for hydroxylation is 2. The van der Waals surface area contributed by atoms with E-state index in [1.54, 1.807) is 18.4 Å². The number of nitrogens with zero attached hydrogens (tertiary/aromatic N) is 3. The predicted octanol–water partition coefficient (Wildman–Crippen LogP) is 0.695. The van der Waals surface area contributed by atoms with Crippen LogP contribution < -0.4 is 0 Å². The quantitative estimate of drug-likeness (QED) is 0.832. The molecule has 8 heteroatoms. The number of carboxylic acid groups (broad SMARTS) is 1. The minimum absolute atomic E-state index is 0.117. The second-order valence-electron chi connectivity index (χ2n) is 4.20. The SMILES string of the molecule is CCC(C(=O)O)N(C)S(=O)(=O)c1cn(CC)c(C)n1. The molecule has 0 saturated carbocycles. The number of aliphatic carboxylic acids is 1. The van der Waals surface area contributed by atoms with Gasteiger partial charge in [0, 0.05) is 19.8 Å². The van der Waals surface area contributed by atoms with E-state index in [1.165, 1.54) is 13.2 Å². The van der Waals surface area contributed by atoms with E-state index in [4.69, 9.17) is 5.11 Å². The molecule has 1 N–H and O–H groups in total. The fraction of sp³-hybridized carbons (Fsp3) is 0.636. The summed E-state index contributed by atoms with van der Waals surface area (Å²) < 4.78 is 27.2. The van der Waals surface area contributed by atoms with Gasteiger partial charge in [0.05, 0.1) is 0 Å². The highest BCUT2D eigenvalue weighted by atomic mass is 32.2. The van der Waals surface area contributed by atoms with Gasteiger partial charge in [-0.1, -0.05) is 6.92 Å². The van der Waals surface area contributed by atoms with E-state index in [-0.39, 0.29) is 11.4 Å². The Bertz CT molecular complexity index is 564. The van der Waals surface area contributed by atoms with Gasteiger partial charge in [0.1, 0.15) is 11.9 Å². The first-order chi connectivity index (χ1) is 8.75. The molecule has 1 unspecified atom stereocenters. The van der Waals surface area contributed by atoms with Gasteiger partial charge in [0.2, 0.25) is 0 Å². The molecular weight excluding hydrogens is 270 g/mol. The number of sulfonamides is 1.